The summed E-state index contributed by atoms with van der Waals surface area (Å²) in [5, 5.41) is 6.16. The van der Waals surface area contributed by atoms with Crippen LogP contribution in [0.4, 0.5) is 5.69 Å². The molecule has 8 nitrogen and oxygen atoms in total. The van der Waals surface area contributed by atoms with E-state index in [1.54, 1.807) is 36.2 Å². The Morgan fingerprint density at radius 3 is 2.75 bits per heavy atom. The first kappa shape index (κ1) is 21.5. The Hall–Kier alpha value is -3.78. The maximum atomic E-state index is 12.8. The number of carbonyl (C=O) groups is 4. The first-order valence-corrected chi connectivity index (χ1v) is 10.4. The van der Waals surface area contributed by atoms with Crippen molar-refractivity contribution in [2.45, 2.75) is 32.4 Å². The third-order valence-corrected chi connectivity index (χ3v) is 5.71. The zero-order valence-corrected chi connectivity index (χ0v) is 17.9. The van der Waals surface area contributed by atoms with Gasteiger partial charge in [-0.05, 0) is 61.9 Å². The van der Waals surface area contributed by atoms with Crippen molar-refractivity contribution in [1.82, 2.24) is 15.2 Å². The molecule has 1 atom stereocenters. The molecule has 4 rings (SSSR count). The Morgan fingerprint density at radius 2 is 2.00 bits per heavy atom. The van der Waals surface area contributed by atoms with Crippen molar-refractivity contribution >= 4 is 40.6 Å². The molecule has 3 N–H and O–H groups in total. The average molecular weight is 432 g/mol. The Kier molecular flexibility index (Phi) is 5.87. The van der Waals surface area contributed by atoms with E-state index in [2.05, 4.69) is 15.6 Å². The molecule has 2 heterocycles. The Morgan fingerprint density at radius 1 is 1.19 bits per heavy atom. The summed E-state index contributed by atoms with van der Waals surface area (Å²) in [5.41, 5.74) is 4.12. The van der Waals surface area contributed by atoms with Gasteiger partial charge in [-0.3, -0.25) is 29.4 Å². The van der Waals surface area contributed by atoms with E-state index in [1.165, 1.54) is 0 Å². The lowest BCUT2D eigenvalue weighted by Gasteiger charge is -2.30. The number of likely N-dealkylation sites (N-methyl/N-ethyl adjacent to an activating group) is 1. The van der Waals surface area contributed by atoms with Crippen molar-refractivity contribution in [3.63, 3.8) is 0 Å². The number of hydrogen-bond donors (Lipinski definition) is 3. The van der Waals surface area contributed by atoms with Crippen molar-refractivity contribution in [2.75, 3.05) is 12.4 Å². The van der Waals surface area contributed by atoms with Crippen LogP contribution in [0.5, 0.6) is 0 Å². The molecule has 1 saturated heterocycles. The van der Waals surface area contributed by atoms with E-state index in [1.807, 2.05) is 25.1 Å². The summed E-state index contributed by atoms with van der Waals surface area (Å²) in [7, 11) is 1.77. The Labute approximate surface area is 185 Å². The lowest BCUT2D eigenvalue weighted by Crippen LogP contribution is -2.51. The van der Waals surface area contributed by atoms with Gasteiger partial charge in [0, 0.05) is 35.1 Å². The number of fused-ring (bicyclic) bond motifs is 1. The molecule has 1 aliphatic rings. The van der Waals surface area contributed by atoms with Gasteiger partial charge in [0.05, 0.1) is 6.04 Å². The second-order valence-corrected chi connectivity index (χ2v) is 8.14. The van der Waals surface area contributed by atoms with E-state index in [0.29, 0.717) is 35.5 Å². The number of amides is 3. The van der Waals surface area contributed by atoms with Crippen LogP contribution in [0, 0.1) is 6.92 Å². The SMILES string of the molecule is Cc1ccc2cc(C(=O)Nc3ccc(C=O)c(CN(C)C4CCC(=O)NC4=O)c3)[nH]c2c1. The molecule has 1 aromatic heterocycles. The molecule has 1 fully saturated rings. The standard InChI is InChI=1S/C24H24N4O4/c1-14-3-4-15-11-20(26-19(15)9-14)23(31)25-18-6-5-16(13-29)17(10-18)12-28(2)21-7-8-22(30)27-24(21)32/h3-6,9-11,13,21,26H,7-8,12H2,1-2H3,(H,25,31)(H,27,30,32). The molecule has 164 valence electrons. The lowest BCUT2D eigenvalue weighted by molar-refractivity contribution is -0.137. The molecule has 0 bridgehead atoms. The number of imide groups is 1. The van der Waals surface area contributed by atoms with Gasteiger partial charge in [-0.25, -0.2) is 0 Å². The van der Waals surface area contributed by atoms with Crippen LogP contribution in [0.15, 0.2) is 42.5 Å². The maximum Gasteiger partial charge on any atom is 0.272 e. The first-order valence-electron chi connectivity index (χ1n) is 10.4. The fourth-order valence-corrected chi connectivity index (χ4v) is 3.98. The number of anilines is 1. The van der Waals surface area contributed by atoms with Gasteiger partial charge in [0.25, 0.3) is 5.91 Å². The number of aromatic amines is 1. The van der Waals surface area contributed by atoms with Gasteiger partial charge in [-0.2, -0.15) is 0 Å². The third-order valence-electron chi connectivity index (χ3n) is 5.71. The number of carbonyl (C=O) groups excluding carboxylic acids is 4. The predicted octanol–water partition coefficient (Wildman–Crippen LogP) is 2.78. The summed E-state index contributed by atoms with van der Waals surface area (Å²) in [5.74, 6) is -0.901. The van der Waals surface area contributed by atoms with Gasteiger partial charge in [0.15, 0.2) is 0 Å². The molecule has 0 spiro atoms. The monoisotopic (exact) mass is 432 g/mol. The highest BCUT2D eigenvalue weighted by atomic mass is 16.2. The Balaban J connectivity index is 1.52. The number of aromatic nitrogens is 1. The van der Waals surface area contributed by atoms with Gasteiger partial charge in [0.2, 0.25) is 11.8 Å². The third kappa shape index (κ3) is 4.45. The quantitative estimate of drug-likeness (QED) is 0.410. The number of hydrogen-bond acceptors (Lipinski definition) is 5. The average Bonchev–Trinajstić information content (AvgIpc) is 3.17. The zero-order chi connectivity index (χ0) is 22.8. The van der Waals surface area contributed by atoms with Crippen molar-refractivity contribution in [3.8, 4) is 0 Å². The minimum Gasteiger partial charge on any atom is -0.351 e. The fraction of sp³-hybridized carbons (Fsp3) is 0.250. The van der Waals surface area contributed by atoms with Gasteiger partial charge < -0.3 is 10.3 Å². The molecule has 3 amide bonds. The van der Waals surface area contributed by atoms with E-state index < -0.39 is 6.04 Å². The van der Waals surface area contributed by atoms with E-state index in [4.69, 9.17) is 0 Å². The summed E-state index contributed by atoms with van der Waals surface area (Å²) in [6.45, 7) is 2.30. The number of piperidine rings is 1. The van der Waals surface area contributed by atoms with Crippen LogP contribution < -0.4 is 10.6 Å². The highest BCUT2D eigenvalue weighted by Gasteiger charge is 2.30. The molecular weight excluding hydrogens is 408 g/mol. The van der Waals surface area contributed by atoms with E-state index in [-0.39, 0.29) is 24.1 Å². The van der Waals surface area contributed by atoms with Crippen LogP contribution in [0.3, 0.4) is 0 Å². The minimum atomic E-state index is -0.458. The summed E-state index contributed by atoms with van der Waals surface area (Å²) in [6, 6.07) is 12.3. The number of aryl methyl sites for hydroxylation is 1. The molecule has 0 saturated carbocycles. The number of nitrogens with one attached hydrogen (secondary N) is 3. The molecule has 1 aliphatic heterocycles. The highest BCUT2D eigenvalue weighted by molar-refractivity contribution is 6.06. The number of nitrogens with zero attached hydrogens (tertiary/aromatic N) is 1. The topological polar surface area (TPSA) is 111 Å². The highest BCUT2D eigenvalue weighted by Crippen LogP contribution is 2.21. The maximum absolute atomic E-state index is 12.8. The van der Waals surface area contributed by atoms with Gasteiger partial charge >= 0.3 is 0 Å². The van der Waals surface area contributed by atoms with Crippen LogP contribution in [0.2, 0.25) is 0 Å². The molecule has 2 aromatic carbocycles. The molecule has 8 heteroatoms. The summed E-state index contributed by atoms with van der Waals surface area (Å²) in [6.07, 6.45) is 1.45. The van der Waals surface area contributed by atoms with Crippen molar-refractivity contribution in [1.29, 1.82) is 0 Å². The largest absolute Gasteiger partial charge is 0.351 e. The number of H-pyrrole nitrogens is 1. The summed E-state index contributed by atoms with van der Waals surface area (Å²) >= 11 is 0. The predicted molar refractivity (Wildman–Crippen MR) is 120 cm³/mol. The van der Waals surface area contributed by atoms with Crippen LogP contribution in [0.25, 0.3) is 10.9 Å². The minimum absolute atomic E-state index is 0.273. The van der Waals surface area contributed by atoms with Crippen LogP contribution in [-0.4, -0.2) is 47.0 Å². The second-order valence-electron chi connectivity index (χ2n) is 8.14. The van der Waals surface area contributed by atoms with Crippen LogP contribution in [-0.2, 0) is 16.1 Å². The molecule has 0 aliphatic carbocycles. The number of rotatable bonds is 6. The van der Waals surface area contributed by atoms with Crippen LogP contribution >= 0.6 is 0 Å². The van der Waals surface area contributed by atoms with Crippen molar-refractivity contribution in [3.05, 3.63) is 64.8 Å². The smallest absolute Gasteiger partial charge is 0.272 e. The molecule has 32 heavy (non-hydrogen) atoms. The molecular formula is C24H24N4O4. The van der Waals surface area contributed by atoms with Gasteiger partial charge in [-0.1, -0.05) is 12.1 Å². The molecule has 0 radical (unpaired) electrons. The van der Waals surface area contributed by atoms with E-state index in [0.717, 1.165) is 22.8 Å². The lowest BCUT2D eigenvalue weighted by atomic mass is 10.0. The van der Waals surface area contributed by atoms with E-state index >= 15 is 0 Å². The molecule has 3 aromatic rings. The number of aldehydes is 1. The van der Waals surface area contributed by atoms with Crippen molar-refractivity contribution in [2.24, 2.45) is 0 Å². The first-order chi connectivity index (χ1) is 15.3. The van der Waals surface area contributed by atoms with Gasteiger partial charge in [0.1, 0.15) is 12.0 Å². The zero-order valence-electron chi connectivity index (χ0n) is 17.9. The Bertz CT molecular complexity index is 1230. The molecule has 1 unspecified atom stereocenters. The summed E-state index contributed by atoms with van der Waals surface area (Å²) in [4.78, 5) is 52.8. The summed E-state index contributed by atoms with van der Waals surface area (Å²) < 4.78 is 0. The fourth-order valence-electron chi connectivity index (χ4n) is 3.98. The van der Waals surface area contributed by atoms with Crippen molar-refractivity contribution < 1.29 is 19.2 Å². The number of benzene rings is 2. The van der Waals surface area contributed by atoms with Crippen LogP contribution in [0.1, 0.15) is 44.8 Å². The second kappa shape index (κ2) is 8.76. The normalized spacial score (nSPS) is 16.3. The van der Waals surface area contributed by atoms with E-state index in [9.17, 15) is 19.2 Å². The van der Waals surface area contributed by atoms with Gasteiger partial charge in [-0.15, -0.1) is 0 Å².